The van der Waals surface area contributed by atoms with Crippen LogP contribution in [0.2, 0.25) is 0 Å². The second-order valence-corrected chi connectivity index (χ2v) is 7.09. The molecule has 1 fully saturated rings. The molecule has 0 saturated carbocycles. The van der Waals surface area contributed by atoms with Gasteiger partial charge in [-0.05, 0) is 30.2 Å². The van der Waals surface area contributed by atoms with Gasteiger partial charge in [-0.3, -0.25) is 9.59 Å². The molecule has 7 nitrogen and oxygen atoms in total. The molecule has 27 heavy (non-hydrogen) atoms. The van der Waals surface area contributed by atoms with Gasteiger partial charge in [-0.15, -0.1) is 0 Å². The van der Waals surface area contributed by atoms with Crippen LogP contribution >= 0.6 is 11.8 Å². The first-order valence-electron chi connectivity index (χ1n) is 8.26. The molecule has 0 unspecified atom stereocenters. The molecule has 0 aliphatic carbocycles. The Bertz CT molecular complexity index is 915. The third kappa shape index (κ3) is 3.06. The summed E-state index contributed by atoms with van der Waals surface area (Å²) in [5, 5.41) is -0.883. The molecule has 0 radical (unpaired) electrons. The van der Waals surface area contributed by atoms with Gasteiger partial charge < -0.3 is 18.9 Å². The molecule has 1 atom stereocenters. The highest BCUT2D eigenvalue weighted by atomic mass is 32.2. The van der Waals surface area contributed by atoms with Crippen molar-refractivity contribution in [3.05, 3.63) is 42.0 Å². The van der Waals surface area contributed by atoms with Crippen molar-refractivity contribution in [2.45, 2.75) is 11.7 Å². The molecule has 2 amide bonds. The highest BCUT2D eigenvalue weighted by Crippen LogP contribution is 2.42. The Kier molecular flexibility index (Phi) is 4.57. The van der Waals surface area contributed by atoms with E-state index >= 15 is 0 Å². The zero-order valence-electron chi connectivity index (χ0n) is 14.8. The van der Waals surface area contributed by atoms with Gasteiger partial charge in [0.25, 0.3) is 5.24 Å². The fourth-order valence-electron chi connectivity index (χ4n) is 3.13. The fraction of sp³-hybridized carbons (Fsp3) is 0.263. The molecule has 2 aromatic rings. The fourth-order valence-corrected chi connectivity index (χ4v) is 4.14. The number of fused-ring (bicyclic) bond motifs is 1. The van der Waals surface area contributed by atoms with Gasteiger partial charge in [0.15, 0.2) is 11.5 Å². The van der Waals surface area contributed by atoms with Crippen molar-refractivity contribution in [2.75, 3.05) is 25.9 Å². The van der Waals surface area contributed by atoms with E-state index in [0.29, 0.717) is 35.1 Å². The number of carbonyl (C=O) groups excluding carboxylic acids is 2. The number of ether oxygens (including phenoxy) is 4. The third-order valence-corrected chi connectivity index (χ3v) is 5.47. The molecule has 2 heterocycles. The van der Waals surface area contributed by atoms with Crippen LogP contribution in [0.25, 0.3) is 0 Å². The van der Waals surface area contributed by atoms with Gasteiger partial charge in [0, 0.05) is 6.07 Å². The zero-order valence-corrected chi connectivity index (χ0v) is 15.6. The quantitative estimate of drug-likeness (QED) is 0.780. The summed E-state index contributed by atoms with van der Waals surface area (Å²) < 4.78 is 21.5. The van der Waals surface area contributed by atoms with Crippen LogP contribution in [-0.2, 0) is 11.2 Å². The van der Waals surface area contributed by atoms with Crippen LogP contribution in [0.15, 0.2) is 36.4 Å². The van der Waals surface area contributed by atoms with Crippen LogP contribution in [0.5, 0.6) is 23.0 Å². The molecule has 0 N–H and O–H groups in total. The molecule has 0 aromatic heterocycles. The third-order valence-electron chi connectivity index (χ3n) is 4.43. The number of amides is 2. The van der Waals surface area contributed by atoms with Crippen LogP contribution < -0.4 is 23.8 Å². The summed E-state index contributed by atoms with van der Waals surface area (Å²) in [4.78, 5) is 26.7. The molecule has 2 aromatic carbocycles. The maximum absolute atomic E-state index is 13.0. The predicted molar refractivity (Wildman–Crippen MR) is 100 cm³/mol. The minimum absolute atomic E-state index is 0.152. The Morgan fingerprint density at radius 1 is 1.07 bits per heavy atom. The van der Waals surface area contributed by atoms with Crippen molar-refractivity contribution in [1.29, 1.82) is 0 Å². The molecule has 8 heteroatoms. The number of rotatable bonds is 5. The lowest BCUT2D eigenvalue weighted by molar-refractivity contribution is -0.117. The highest BCUT2D eigenvalue weighted by molar-refractivity contribution is 8.15. The summed E-state index contributed by atoms with van der Waals surface area (Å²) in [5.41, 5.74) is 1.23. The molecule has 4 rings (SSSR count). The van der Waals surface area contributed by atoms with E-state index in [2.05, 4.69) is 0 Å². The van der Waals surface area contributed by atoms with Crippen LogP contribution in [-0.4, -0.2) is 37.4 Å². The molecule has 0 spiro atoms. The monoisotopic (exact) mass is 387 g/mol. The van der Waals surface area contributed by atoms with Crippen molar-refractivity contribution in [3.8, 4) is 23.0 Å². The predicted octanol–water partition coefficient (Wildman–Crippen LogP) is 3.24. The SMILES string of the molecule is COc1cc2c(cc1C[C@H]1SC(=O)N(c3ccccc3OC)C1=O)OCO2. The second-order valence-electron chi connectivity index (χ2n) is 5.94. The summed E-state index contributed by atoms with van der Waals surface area (Å²) >= 11 is 0.997. The Morgan fingerprint density at radius 3 is 2.52 bits per heavy atom. The lowest BCUT2D eigenvalue weighted by atomic mass is 10.1. The molecule has 2 aliphatic rings. The number of methoxy groups -OCH3 is 2. The Labute approximate surface area is 160 Å². The molecular formula is C19H17NO6S. The number of para-hydroxylation sites is 2. The average Bonchev–Trinajstić information content (AvgIpc) is 3.24. The van der Waals surface area contributed by atoms with Crippen molar-refractivity contribution < 1.29 is 28.5 Å². The van der Waals surface area contributed by atoms with Crippen molar-refractivity contribution in [2.24, 2.45) is 0 Å². The van der Waals surface area contributed by atoms with E-state index in [1.54, 1.807) is 43.5 Å². The molecule has 140 valence electrons. The first kappa shape index (κ1) is 17.5. The minimum Gasteiger partial charge on any atom is -0.496 e. The molecular weight excluding hydrogens is 370 g/mol. The summed E-state index contributed by atoms with van der Waals surface area (Å²) in [5.74, 6) is 1.99. The molecule has 0 bridgehead atoms. The molecule has 1 saturated heterocycles. The Hall–Kier alpha value is -2.87. The van der Waals surface area contributed by atoms with Crippen molar-refractivity contribution in [1.82, 2.24) is 0 Å². The van der Waals surface area contributed by atoms with E-state index in [4.69, 9.17) is 18.9 Å². The maximum Gasteiger partial charge on any atom is 0.293 e. The largest absolute Gasteiger partial charge is 0.496 e. The highest BCUT2D eigenvalue weighted by Gasteiger charge is 2.42. The van der Waals surface area contributed by atoms with E-state index in [1.807, 2.05) is 0 Å². The standard InChI is InChI=1S/C19H17NO6S/c1-23-13-6-4-3-5-12(13)20-18(21)17(27-19(20)22)8-11-7-15-16(26-10-25-15)9-14(11)24-2/h3-7,9,17H,8,10H2,1-2H3/t17-/m1/s1. The first-order valence-corrected chi connectivity index (χ1v) is 9.14. The Morgan fingerprint density at radius 2 is 1.78 bits per heavy atom. The van der Waals surface area contributed by atoms with Gasteiger partial charge in [-0.1, -0.05) is 23.9 Å². The van der Waals surface area contributed by atoms with Gasteiger partial charge >= 0.3 is 0 Å². The number of nitrogens with zero attached hydrogens (tertiary/aromatic N) is 1. The first-order chi connectivity index (χ1) is 13.1. The van der Waals surface area contributed by atoms with Crippen LogP contribution in [0.4, 0.5) is 10.5 Å². The maximum atomic E-state index is 13.0. The van der Waals surface area contributed by atoms with Gasteiger partial charge in [0.2, 0.25) is 12.7 Å². The van der Waals surface area contributed by atoms with E-state index in [9.17, 15) is 9.59 Å². The summed E-state index contributed by atoms with van der Waals surface area (Å²) in [6.07, 6.45) is 0.334. The number of anilines is 1. The minimum atomic E-state index is -0.559. The van der Waals surface area contributed by atoms with E-state index in [0.717, 1.165) is 17.3 Å². The van der Waals surface area contributed by atoms with Crippen molar-refractivity contribution in [3.63, 3.8) is 0 Å². The average molecular weight is 387 g/mol. The lowest BCUT2D eigenvalue weighted by Gasteiger charge is -2.17. The number of hydrogen-bond acceptors (Lipinski definition) is 7. The number of imide groups is 1. The Balaban J connectivity index is 1.62. The molecule has 2 aliphatic heterocycles. The van der Waals surface area contributed by atoms with Crippen molar-refractivity contribution >= 4 is 28.6 Å². The summed E-state index contributed by atoms with van der Waals surface area (Å²) in [6.45, 7) is 0.152. The van der Waals surface area contributed by atoms with Crippen LogP contribution in [0, 0.1) is 0 Å². The van der Waals surface area contributed by atoms with E-state index in [1.165, 1.54) is 12.0 Å². The topological polar surface area (TPSA) is 74.3 Å². The lowest BCUT2D eigenvalue weighted by Crippen LogP contribution is -2.32. The number of benzene rings is 2. The summed E-state index contributed by atoms with van der Waals surface area (Å²) in [6, 6.07) is 10.5. The number of hydrogen-bond donors (Lipinski definition) is 0. The van der Waals surface area contributed by atoms with Gasteiger partial charge in [-0.2, -0.15) is 0 Å². The van der Waals surface area contributed by atoms with Gasteiger partial charge in [-0.25, -0.2) is 4.90 Å². The normalized spacial score (nSPS) is 18.1. The van der Waals surface area contributed by atoms with Crippen LogP contribution in [0.1, 0.15) is 5.56 Å². The smallest absolute Gasteiger partial charge is 0.293 e. The zero-order chi connectivity index (χ0) is 19.0. The second kappa shape index (κ2) is 7.03. The van der Waals surface area contributed by atoms with E-state index in [-0.39, 0.29) is 17.9 Å². The van der Waals surface area contributed by atoms with E-state index < -0.39 is 5.25 Å². The number of thioether (sulfide) groups is 1. The van der Waals surface area contributed by atoms with Gasteiger partial charge in [0.1, 0.15) is 11.5 Å². The van der Waals surface area contributed by atoms with Crippen LogP contribution in [0.3, 0.4) is 0 Å². The number of carbonyl (C=O) groups is 2. The van der Waals surface area contributed by atoms with Gasteiger partial charge in [0.05, 0.1) is 25.2 Å². The summed E-state index contributed by atoms with van der Waals surface area (Å²) in [7, 11) is 3.06.